The van der Waals surface area contributed by atoms with Gasteiger partial charge in [0.25, 0.3) is 0 Å². The molecule has 0 aliphatic heterocycles. The molecule has 0 bridgehead atoms. The standard InChI is InChI=1S/C11H18O2/c1-11(2)6-5-10(13)9(8-11)4-3-7-12/h8,12H,3-7H2,1-2H3. The lowest BCUT2D eigenvalue weighted by Crippen LogP contribution is -2.20. The Hall–Kier alpha value is -0.630. The average molecular weight is 182 g/mol. The van der Waals surface area contributed by atoms with Crippen molar-refractivity contribution < 1.29 is 9.90 Å². The van der Waals surface area contributed by atoms with Crippen LogP contribution >= 0.6 is 0 Å². The number of aliphatic hydroxyl groups is 1. The zero-order valence-electron chi connectivity index (χ0n) is 8.47. The van der Waals surface area contributed by atoms with Crippen LogP contribution in [0.4, 0.5) is 0 Å². The van der Waals surface area contributed by atoms with Crippen LogP contribution in [0.25, 0.3) is 0 Å². The molecule has 0 fully saturated rings. The number of hydrogen-bond acceptors (Lipinski definition) is 2. The van der Waals surface area contributed by atoms with E-state index < -0.39 is 0 Å². The number of carbonyl (C=O) groups is 1. The number of Topliss-reactive ketones (excluding diaryl/α,β-unsaturated/α-hetero) is 1. The van der Waals surface area contributed by atoms with Crippen LogP contribution in [0.3, 0.4) is 0 Å². The SMILES string of the molecule is CC1(C)C=C(CCCO)C(=O)CC1. The molecular formula is C11H18O2. The third-order valence-corrected chi connectivity index (χ3v) is 2.52. The highest BCUT2D eigenvalue weighted by molar-refractivity contribution is 5.96. The van der Waals surface area contributed by atoms with Crippen molar-refractivity contribution in [3.63, 3.8) is 0 Å². The summed E-state index contributed by atoms with van der Waals surface area (Å²) in [5.74, 6) is 0.271. The molecule has 0 aromatic rings. The van der Waals surface area contributed by atoms with Gasteiger partial charge in [-0.2, -0.15) is 0 Å². The first kappa shape index (κ1) is 10.5. The van der Waals surface area contributed by atoms with Gasteiger partial charge in [0.1, 0.15) is 0 Å². The van der Waals surface area contributed by atoms with Crippen LogP contribution in [0.1, 0.15) is 39.5 Å². The van der Waals surface area contributed by atoms with Gasteiger partial charge in [0.2, 0.25) is 0 Å². The normalized spacial score (nSPS) is 21.5. The molecule has 0 heterocycles. The molecule has 0 saturated carbocycles. The Morgan fingerprint density at radius 3 is 2.85 bits per heavy atom. The van der Waals surface area contributed by atoms with Crippen molar-refractivity contribution in [2.75, 3.05) is 6.61 Å². The number of aliphatic hydroxyl groups excluding tert-OH is 1. The second-order valence-corrected chi connectivity index (χ2v) is 4.41. The summed E-state index contributed by atoms with van der Waals surface area (Å²) in [7, 11) is 0. The van der Waals surface area contributed by atoms with Gasteiger partial charge in [-0.3, -0.25) is 4.79 Å². The maximum atomic E-state index is 11.4. The van der Waals surface area contributed by atoms with Crippen molar-refractivity contribution in [2.24, 2.45) is 5.41 Å². The number of rotatable bonds is 3. The molecular weight excluding hydrogens is 164 g/mol. The summed E-state index contributed by atoms with van der Waals surface area (Å²) in [4.78, 5) is 11.4. The fourth-order valence-corrected chi connectivity index (χ4v) is 1.70. The van der Waals surface area contributed by atoms with Crippen molar-refractivity contribution in [2.45, 2.75) is 39.5 Å². The Kier molecular flexibility index (Phi) is 3.26. The Labute approximate surface area is 79.6 Å². The van der Waals surface area contributed by atoms with Crippen molar-refractivity contribution in [1.29, 1.82) is 0 Å². The minimum atomic E-state index is 0.165. The van der Waals surface area contributed by atoms with E-state index in [0.29, 0.717) is 12.8 Å². The second-order valence-electron chi connectivity index (χ2n) is 4.41. The summed E-state index contributed by atoms with van der Waals surface area (Å²) in [6.07, 6.45) is 5.14. The van der Waals surface area contributed by atoms with Crippen LogP contribution in [0.5, 0.6) is 0 Å². The molecule has 13 heavy (non-hydrogen) atoms. The Bertz CT molecular complexity index is 226. The molecule has 2 heteroatoms. The van der Waals surface area contributed by atoms with Gasteiger partial charge >= 0.3 is 0 Å². The molecule has 0 saturated heterocycles. The Balaban J connectivity index is 2.67. The molecule has 0 unspecified atom stereocenters. The smallest absolute Gasteiger partial charge is 0.158 e. The lowest BCUT2D eigenvalue weighted by Gasteiger charge is -2.26. The third kappa shape index (κ3) is 2.96. The first-order valence-electron chi connectivity index (χ1n) is 4.91. The highest BCUT2D eigenvalue weighted by atomic mass is 16.2. The van der Waals surface area contributed by atoms with E-state index in [9.17, 15) is 4.79 Å². The first-order chi connectivity index (χ1) is 6.05. The van der Waals surface area contributed by atoms with Gasteiger partial charge in [0.15, 0.2) is 5.78 Å². The van der Waals surface area contributed by atoms with Gasteiger partial charge < -0.3 is 5.11 Å². The van der Waals surface area contributed by atoms with E-state index >= 15 is 0 Å². The highest BCUT2D eigenvalue weighted by Crippen LogP contribution is 2.32. The van der Waals surface area contributed by atoms with E-state index in [1.54, 1.807) is 0 Å². The first-order valence-corrected chi connectivity index (χ1v) is 4.91. The van der Waals surface area contributed by atoms with Crippen molar-refractivity contribution in [1.82, 2.24) is 0 Å². The Morgan fingerprint density at radius 1 is 1.54 bits per heavy atom. The minimum Gasteiger partial charge on any atom is -0.396 e. The van der Waals surface area contributed by atoms with Gasteiger partial charge in [-0.1, -0.05) is 19.9 Å². The van der Waals surface area contributed by atoms with Crippen LogP contribution in [0.2, 0.25) is 0 Å². The average Bonchev–Trinajstić information content (AvgIpc) is 2.07. The lowest BCUT2D eigenvalue weighted by molar-refractivity contribution is -0.116. The molecule has 74 valence electrons. The molecule has 0 aromatic carbocycles. The monoisotopic (exact) mass is 182 g/mol. The van der Waals surface area contributed by atoms with E-state index in [0.717, 1.165) is 18.4 Å². The van der Waals surface area contributed by atoms with E-state index in [4.69, 9.17) is 5.11 Å². The topological polar surface area (TPSA) is 37.3 Å². The van der Waals surface area contributed by atoms with Gasteiger partial charge in [0, 0.05) is 13.0 Å². The minimum absolute atomic E-state index is 0.165. The highest BCUT2D eigenvalue weighted by Gasteiger charge is 2.24. The van der Waals surface area contributed by atoms with Crippen LogP contribution in [0, 0.1) is 5.41 Å². The van der Waals surface area contributed by atoms with E-state index in [-0.39, 0.29) is 17.8 Å². The van der Waals surface area contributed by atoms with Crippen molar-refractivity contribution >= 4 is 5.78 Å². The number of carbonyl (C=O) groups excluding carboxylic acids is 1. The molecule has 2 nitrogen and oxygen atoms in total. The zero-order valence-corrected chi connectivity index (χ0v) is 8.47. The van der Waals surface area contributed by atoms with Gasteiger partial charge in [-0.05, 0) is 30.3 Å². The van der Waals surface area contributed by atoms with Gasteiger partial charge in [-0.25, -0.2) is 0 Å². The van der Waals surface area contributed by atoms with Crippen LogP contribution in [-0.2, 0) is 4.79 Å². The molecule has 0 radical (unpaired) electrons. The largest absolute Gasteiger partial charge is 0.396 e. The molecule has 1 rings (SSSR count). The zero-order chi connectivity index (χ0) is 9.90. The van der Waals surface area contributed by atoms with Crippen LogP contribution in [0.15, 0.2) is 11.6 Å². The number of allylic oxidation sites excluding steroid dienone is 2. The lowest BCUT2D eigenvalue weighted by atomic mass is 9.78. The molecule has 1 N–H and O–H groups in total. The number of ketones is 1. The van der Waals surface area contributed by atoms with Crippen LogP contribution in [-0.4, -0.2) is 17.5 Å². The van der Waals surface area contributed by atoms with E-state index in [2.05, 4.69) is 19.9 Å². The number of hydrogen-bond donors (Lipinski definition) is 1. The van der Waals surface area contributed by atoms with Crippen molar-refractivity contribution in [3.8, 4) is 0 Å². The summed E-state index contributed by atoms with van der Waals surface area (Å²) < 4.78 is 0. The quantitative estimate of drug-likeness (QED) is 0.725. The van der Waals surface area contributed by atoms with Gasteiger partial charge in [0.05, 0.1) is 0 Å². The van der Waals surface area contributed by atoms with Crippen molar-refractivity contribution in [3.05, 3.63) is 11.6 Å². The molecule has 0 aromatic heterocycles. The third-order valence-electron chi connectivity index (χ3n) is 2.52. The Morgan fingerprint density at radius 2 is 2.23 bits per heavy atom. The maximum absolute atomic E-state index is 11.4. The van der Waals surface area contributed by atoms with Crippen LogP contribution < -0.4 is 0 Å². The maximum Gasteiger partial charge on any atom is 0.158 e. The summed E-state index contributed by atoms with van der Waals surface area (Å²) >= 11 is 0. The molecule has 0 spiro atoms. The summed E-state index contributed by atoms with van der Waals surface area (Å²) in [5, 5.41) is 8.67. The molecule has 1 aliphatic rings. The summed E-state index contributed by atoms with van der Waals surface area (Å²) in [5.41, 5.74) is 1.09. The summed E-state index contributed by atoms with van der Waals surface area (Å²) in [6, 6.07) is 0. The van der Waals surface area contributed by atoms with Gasteiger partial charge in [-0.15, -0.1) is 0 Å². The summed E-state index contributed by atoms with van der Waals surface area (Å²) in [6.45, 7) is 4.47. The fourth-order valence-electron chi connectivity index (χ4n) is 1.70. The van der Waals surface area contributed by atoms with E-state index in [1.165, 1.54) is 0 Å². The molecule has 0 atom stereocenters. The molecule has 1 aliphatic carbocycles. The van der Waals surface area contributed by atoms with E-state index in [1.807, 2.05) is 0 Å². The predicted molar refractivity (Wildman–Crippen MR) is 52.4 cm³/mol. The predicted octanol–water partition coefficient (Wildman–Crippen LogP) is 2.07. The second kappa shape index (κ2) is 4.05. The fraction of sp³-hybridized carbons (Fsp3) is 0.727. The molecule has 0 amide bonds.